The molecule has 0 amide bonds. The van der Waals surface area contributed by atoms with Crippen LogP contribution in [0.4, 0.5) is 0 Å². The van der Waals surface area contributed by atoms with Gasteiger partial charge >= 0.3 is 0 Å². The van der Waals surface area contributed by atoms with Gasteiger partial charge in [-0.05, 0) is 30.2 Å². The molecule has 0 aliphatic heterocycles. The fourth-order valence-electron chi connectivity index (χ4n) is 1.90. The molecule has 0 aliphatic carbocycles. The van der Waals surface area contributed by atoms with Crippen LogP contribution in [0.25, 0.3) is 0 Å². The molecule has 1 aromatic carbocycles. The maximum atomic E-state index is 12.1. The third-order valence-corrected chi connectivity index (χ3v) is 2.72. The van der Waals surface area contributed by atoms with Crippen LogP contribution in [-0.4, -0.2) is 35.4 Å². The topological polar surface area (TPSA) is 64.3 Å². The zero-order valence-electron chi connectivity index (χ0n) is 11.5. The molecule has 0 aromatic heterocycles. The normalized spacial score (nSPS) is 10.7. The monoisotopic (exact) mass is 260 g/mol. The van der Waals surface area contributed by atoms with Crippen LogP contribution < -0.4 is 0 Å². The highest BCUT2D eigenvalue weighted by Gasteiger charge is 2.13. The summed E-state index contributed by atoms with van der Waals surface area (Å²) in [5.41, 5.74) is 0.587. The molecule has 0 radical (unpaired) electrons. The van der Waals surface area contributed by atoms with Gasteiger partial charge in [0.2, 0.25) is 0 Å². The average Bonchev–Trinajstić information content (AvgIpc) is 2.36. The number of rotatable bonds is 7. The van der Waals surface area contributed by atoms with Gasteiger partial charge in [-0.15, -0.1) is 0 Å². The van der Waals surface area contributed by atoms with Crippen LogP contribution in [0.5, 0.6) is 5.75 Å². The number of aromatic hydroxyl groups is 1. The summed E-state index contributed by atoms with van der Waals surface area (Å²) in [5.74, 6) is 0.616. The second-order valence-electron chi connectivity index (χ2n) is 5.01. The quantitative estimate of drug-likeness (QED) is 0.765. The van der Waals surface area contributed by atoms with Crippen molar-refractivity contribution < 1.29 is 9.90 Å². The number of ketones is 1. The number of nitriles is 1. The molecule has 0 atom stereocenters. The van der Waals surface area contributed by atoms with E-state index in [1.165, 1.54) is 12.1 Å². The van der Waals surface area contributed by atoms with Gasteiger partial charge in [0.05, 0.1) is 12.6 Å². The first kappa shape index (κ1) is 15.2. The van der Waals surface area contributed by atoms with Crippen molar-refractivity contribution in [2.24, 2.45) is 5.92 Å². The van der Waals surface area contributed by atoms with Crippen molar-refractivity contribution in [3.63, 3.8) is 0 Å². The van der Waals surface area contributed by atoms with Crippen LogP contribution in [0.3, 0.4) is 0 Å². The Bertz CT molecular complexity index is 446. The smallest absolute Gasteiger partial charge is 0.176 e. The summed E-state index contributed by atoms with van der Waals surface area (Å²) in [6.07, 6.45) is 0.426. The number of nitrogens with zero attached hydrogens (tertiary/aromatic N) is 2. The van der Waals surface area contributed by atoms with E-state index in [2.05, 4.69) is 19.9 Å². The zero-order valence-corrected chi connectivity index (χ0v) is 11.5. The van der Waals surface area contributed by atoms with Crippen LogP contribution in [0.1, 0.15) is 30.6 Å². The molecule has 102 valence electrons. The molecule has 1 rings (SSSR count). The van der Waals surface area contributed by atoms with E-state index in [0.29, 0.717) is 31.0 Å². The molecular formula is C15H20N2O2. The van der Waals surface area contributed by atoms with Gasteiger partial charge < -0.3 is 5.11 Å². The summed E-state index contributed by atoms with van der Waals surface area (Å²) in [6.45, 7) is 5.89. The van der Waals surface area contributed by atoms with Crippen molar-refractivity contribution in [2.45, 2.75) is 20.3 Å². The lowest BCUT2D eigenvalue weighted by Gasteiger charge is -2.22. The first-order chi connectivity index (χ1) is 9.02. The number of hydrogen-bond acceptors (Lipinski definition) is 4. The molecule has 4 nitrogen and oxygen atoms in total. The lowest BCUT2D eigenvalue weighted by molar-refractivity contribution is 0.0924. The molecule has 0 bridgehead atoms. The molecule has 0 saturated heterocycles. The molecule has 0 heterocycles. The van der Waals surface area contributed by atoms with E-state index in [9.17, 15) is 9.90 Å². The fourth-order valence-corrected chi connectivity index (χ4v) is 1.90. The highest BCUT2D eigenvalue weighted by Crippen LogP contribution is 2.11. The Morgan fingerprint density at radius 3 is 2.53 bits per heavy atom. The van der Waals surface area contributed by atoms with Gasteiger partial charge in [0, 0.05) is 25.1 Å². The first-order valence-electron chi connectivity index (χ1n) is 6.44. The summed E-state index contributed by atoms with van der Waals surface area (Å²) < 4.78 is 0. The predicted molar refractivity (Wildman–Crippen MR) is 73.9 cm³/mol. The number of Topliss-reactive ketones (excluding diaryl/α,β-unsaturated/α-hetero) is 1. The lowest BCUT2D eigenvalue weighted by atomic mass is 10.1. The lowest BCUT2D eigenvalue weighted by Crippen LogP contribution is -2.33. The number of phenolic OH excluding ortho intramolecular Hbond substituents is 1. The van der Waals surface area contributed by atoms with Gasteiger partial charge in [-0.1, -0.05) is 13.8 Å². The SMILES string of the molecule is CC(C)CN(CCC#N)CC(=O)c1ccc(O)cc1. The van der Waals surface area contributed by atoms with Crippen LogP contribution in [0, 0.1) is 17.2 Å². The molecular weight excluding hydrogens is 240 g/mol. The van der Waals surface area contributed by atoms with E-state index < -0.39 is 0 Å². The van der Waals surface area contributed by atoms with E-state index in [4.69, 9.17) is 5.26 Å². The second kappa shape index (κ2) is 7.55. The van der Waals surface area contributed by atoms with Crippen molar-refractivity contribution >= 4 is 5.78 Å². The minimum Gasteiger partial charge on any atom is -0.508 e. The van der Waals surface area contributed by atoms with E-state index in [1.807, 2.05) is 4.90 Å². The maximum absolute atomic E-state index is 12.1. The van der Waals surface area contributed by atoms with Crippen molar-refractivity contribution in [1.82, 2.24) is 4.90 Å². The third-order valence-electron chi connectivity index (χ3n) is 2.72. The first-order valence-corrected chi connectivity index (χ1v) is 6.44. The molecule has 19 heavy (non-hydrogen) atoms. The van der Waals surface area contributed by atoms with Crippen LogP contribution in [-0.2, 0) is 0 Å². The molecule has 0 spiro atoms. The Morgan fingerprint density at radius 1 is 1.37 bits per heavy atom. The van der Waals surface area contributed by atoms with Gasteiger partial charge in [0.15, 0.2) is 5.78 Å². The average molecular weight is 260 g/mol. The summed E-state index contributed by atoms with van der Waals surface area (Å²) >= 11 is 0. The van der Waals surface area contributed by atoms with Crippen molar-refractivity contribution in [1.29, 1.82) is 5.26 Å². The molecule has 0 unspecified atom stereocenters. The van der Waals surface area contributed by atoms with E-state index in [-0.39, 0.29) is 11.5 Å². The summed E-state index contributed by atoms with van der Waals surface area (Å²) in [4.78, 5) is 14.1. The standard InChI is InChI=1S/C15H20N2O2/c1-12(2)10-17(9-3-8-16)11-15(19)13-4-6-14(18)7-5-13/h4-7,12,18H,3,9-11H2,1-2H3. The minimum absolute atomic E-state index is 0.0126. The molecule has 4 heteroatoms. The Morgan fingerprint density at radius 2 is 2.00 bits per heavy atom. The molecule has 1 N–H and O–H groups in total. The zero-order chi connectivity index (χ0) is 14.3. The largest absolute Gasteiger partial charge is 0.508 e. The Hall–Kier alpha value is -1.86. The molecule has 0 aliphatic rings. The number of carbonyl (C=O) groups excluding carboxylic acids is 1. The van der Waals surface area contributed by atoms with Crippen molar-refractivity contribution in [2.75, 3.05) is 19.6 Å². The highest BCUT2D eigenvalue weighted by molar-refractivity contribution is 5.97. The number of benzene rings is 1. The van der Waals surface area contributed by atoms with Crippen LogP contribution >= 0.6 is 0 Å². The minimum atomic E-state index is 0.0126. The predicted octanol–water partition coefficient (Wildman–Crippen LogP) is 2.45. The van der Waals surface area contributed by atoms with E-state index in [0.717, 1.165) is 6.54 Å². The summed E-state index contributed by atoms with van der Waals surface area (Å²) in [5, 5.41) is 17.8. The number of phenols is 1. The molecule has 0 fully saturated rings. The Balaban J connectivity index is 2.64. The highest BCUT2D eigenvalue weighted by atomic mass is 16.3. The van der Waals surface area contributed by atoms with E-state index >= 15 is 0 Å². The van der Waals surface area contributed by atoms with Gasteiger partial charge in [-0.3, -0.25) is 9.69 Å². The second-order valence-corrected chi connectivity index (χ2v) is 5.01. The molecule has 1 aromatic rings. The molecule has 0 saturated carbocycles. The Labute approximate surface area is 114 Å². The fraction of sp³-hybridized carbons (Fsp3) is 0.467. The van der Waals surface area contributed by atoms with Gasteiger partial charge in [0.25, 0.3) is 0 Å². The number of hydrogen-bond donors (Lipinski definition) is 1. The summed E-state index contributed by atoms with van der Waals surface area (Å²) in [6, 6.07) is 8.37. The number of carbonyl (C=O) groups is 1. The van der Waals surface area contributed by atoms with Gasteiger partial charge in [-0.25, -0.2) is 0 Å². The van der Waals surface area contributed by atoms with Crippen LogP contribution in [0.15, 0.2) is 24.3 Å². The van der Waals surface area contributed by atoms with Crippen LogP contribution in [0.2, 0.25) is 0 Å². The van der Waals surface area contributed by atoms with Gasteiger partial charge in [0.1, 0.15) is 5.75 Å². The maximum Gasteiger partial charge on any atom is 0.176 e. The Kier molecular flexibility index (Phi) is 6.04. The third kappa shape index (κ3) is 5.54. The van der Waals surface area contributed by atoms with Crippen molar-refractivity contribution in [3.05, 3.63) is 29.8 Å². The summed E-state index contributed by atoms with van der Waals surface area (Å²) in [7, 11) is 0. The van der Waals surface area contributed by atoms with Gasteiger partial charge in [-0.2, -0.15) is 5.26 Å². The van der Waals surface area contributed by atoms with Crippen molar-refractivity contribution in [3.8, 4) is 11.8 Å². The van der Waals surface area contributed by atoms with E-state index in [1.54, 1.807) is 12.1 Å².